The van der Waals surface area contributed by atoms with Gasteiger partial charge in [-0.1, -0.05) is 18.9 Å². The van der Waals surface area contributed by atoms with Crippen LogP contribution in [0.25, 0.3) is 0 Å². The molecule has 28 heavy (non-hydrogen) atoms. The molecule has 150 valence electrons. The van der Waals surface area contributed by atoms with Crippen LogP contribution >= 0.6 is 0 Å². The molecule has 0 aliphatic heterocycles. The molecule has 2 aromatic carbocycles. The second-order valence-corrected chi connectivity index (χ2v) is 8.36. The lowest BCUT2D eigenvalue weighted by molar-refractivity contribution is -0.118. The number of ether oxygens (including phenoxy) is 2. The van der Waals surface area contributed by atoms with E-state index in [1.54, 1.807) is 43.5 Å². The molecule has 0 bridgehead atoms. The smallest absolute Gasteiger partial charge is 0.262 e. The summed E-state index contributed by atoms with van der Waals surface area (Å²) in [6.07, 6.45) is 3.86. The standard InChI is InChI=1S/C20H24N2O5S/c1-26-18-8-4-7-16(13-18)21-20(23)14-27-17-9-11-19(12-10-17)28(24,25)22-15-5-2-3-6-15/h4,7-13,15,22H,2-3,5-6,14H2,1H3,(H,21,23). The van der Waals surface area contributed by atoms with Crippen molar-refractivity contribution < 1.29 is 22.7 Å². The summed E-state index contributed by atoms with van der Waals surface area (Å²) in [6.45, 7) is -0.191. The minimum Gasteiger partial charge on any atom is -0.497 e. The molecule has 1 aliphatic carbocycles. The molecule has 1 saturated carbocycles. The molecule has 0 spiro atoms. The average molecular weight is 404 g/mol. The van der Waals surface area contributed by atoms with Crippen LogP contribution in [0.3, 0.4) is 0 Å². The molecule has 1 fully saturated rings. The summed E-state index contributed by atoms with van der Waals surface area (Å²) in [6, 6.07) is 13.1. The zero-order chi connectivity index (χ0) is 20.0. The van der Waals surface area contributed by atoms with E-state index in [1.165, 1.54) is 12.1 Å². The molecule has 0 aromatic heterocycles. The van der Waals surface area contributed by atoms with Gasteiger partial charge in [-0.05, 0) is 49.2 Å². The van der Waals surface area contributed by atoms with Gasteiger partial charge in [-0.25, -0.2) is 13.1 Å². The van der Waals surface area contributed by atoms with Crippen LogP contribution in [-0.2, 0) is 14.8 Å². The highest BCUT2D eigenvalue weighted by Gasteiger charge is 2.22. The fraction of sp³-hybridized carbons (Fsp3) is 0.350. The summed E-state index contributed by atoms with van der Waals surface area (Å²) in [5, 5.41) is 2.71. The molecule has 3 rings (SSSR count). The second-order valence-electron chi connectivity index (χ2n) is 6.64. The van der Waals surface area contributed by atoms with Crippen LogP contribution < -0.4 is 19.5 Å². The van der Waals surface area contributed by atoms with Crippen molar-refractivity contribution >= 4 is 21.6 Å². The average Bonchev–Trinajstić information content (AvgIpc) is 3.19. The summed E-state index contributed by atoms with van der Waals surface area (Å²) >= 11 is 0. The van der Waals surface area contributed by atoms with Gasteiger partial charge in [0.25, 0.3) is 5.91 Å². The maximum Gasteiger partial charge on any atom is 0.262 e. The van der Waals surface area contributed by atoms with Crippen LogP contribution in [0.2, 0.25) is 0 Å². The van der Waals surface area contributed by atoms with Crippen molar-refractivity contribution in [1.29, 1.82) is 0 Å². The third kappa shape index (κ3) is 5.46. The summed E-state index contributed by atoms with van der Waals surface area (Å²) in [7, 11) is -1.98. The summed E-state index contributed by atoms with van der Waals surface area (Å²) in [5.74, 6) is 0.732. The molecule has 2 N–H and O–H groups in total. The lowest BCUT2D eigenvalue weighted by Crippen LogP contribution is -2.32. The molecule has 0 atom stereocenters. The zero-order valence-electron chi connectivity index (χ0n) is 15.7. The first-order valence-corrected chi connectivity index (χ1v) is 10.6. The summed E-state index contributed by atoms with van der Waals surface area (Å²) < 4.78 is 38.1. The van der Waals surface area contributed by atoms with E-state index in [1.807, 2.05) is 0 Å². The van der Waals surface area contributed by atoms with Crippen LogP contribution in [0.5, 0.6) is 11.5 Å². The molecule has 0 saturated heterocycles. The Morgan fingerprint density at radius 1 is 1.07 bits per heavy atom. The minimum atomic E-state index is -3.54. The van der Waals surface area contributed by atoms with Crippen LogP contribution in [0.15, 0.2) is 53.4 Å². The highest BCUT2D eigenvalue weighted by molar-refractivity contribution is 7.89. The van der Waals surface area contributed by atoms with Crippen LogP contribution in [0.4, 0.5) is 5.69 Å². The number of anilines is 1. The SMILES string of the molecule is COc1cccc(NC(=O)COc2ccc(S(=O)(=O)NC3CCCC3)cc2)c1. The maximum atomic E-state index is 12.4. The number of sulfonamides is 1. The minimum absolute atomic E-state index is 0.0150. The first-order valence-electron chi connectivity index (χ1n) is 9.15. The third-order valence-corrected chi connectivity index (χ3v) is 6.07. The molecule has 1 amide bonds. The maximum absolute atomic E-state index is 12.4. The Morgan fingerprint density at radius 3 is 2.46 bits per heavy atom. The number of hydrogen-bond acceptors (Lipinski definition) is 5. The fourth-order valence-electron chi connectivity index (χ4n) is 3.09. The highest BCUT2D eigenvalue weighted by Crippen LogP contribution is 2.22. The van der Waals surface area contributed by atoms with E-state index in [2.05, 4.69) is 10.0 Å². The molecule has 0 radical (unpaired) electrons. The van der Waals surface area contributed by atoms with Gasteiger partial charge in [0, 0.05) is 17.8 Å². The molecule has 0 heterocycles. The van der Waals surface area contributed by atoms with Crippen molar-refractivity contribution in [2.24, 2.45) is 0 Å². The van der Waals surface area contributed by atoms with Gasteiger partial charge in [0.1, 0.15) is 11.5 Å². The lowest BCUT2D eigenvalue weighted by Gasteiger charge is -2.13. The number of rotatable bonds is 8. The predicted octanol–water partition coefficient (Wildman–Crippen LogP) is 2.93. The van der Waals surface area contributed by atoms with E-state index in [0.717, 1.165) is 25.7 Å². The van der Waals surface area contributed by atoms with Crippen molar-refractivity contribution in [2.45, 2.75) is 36.6 Å². The second kappa shape index (κ2) is 9.07. The van der Waals surface area contributed by atoms with Crippen molar-refractivity contribution in [1.82, 2.24) is 4.72 Å². The Morgan fingerprint density at radius 2 is 1.79 bits per heavy atom. The largest absolute Gasteiger partial charge is 0.497 e. The van der Waals surface area contributed by atoms with Crippen LogP contribution in [0.1, 0.15) is 25.7 Å². The Kier molecular flexibility index (Phi) is 6.53. The number of amides is 1. The van der Waals surface area contributed by atoms with Gasteiger partial charge in [-0.15, -0.1) is 0 Å². The van der Waals surface area contributed by atoms with E-state index in [0.29, 0.717) is 17.2 Å². The molecule has 8 heteroatoms. The number of carbonyl (C=O) groups excluding carboxylic acids is 1. The molecular weight excluding hydrogens is 380 g/mol. The highest BCUT2D eigenvalue weighted by atomic mass is 32.2. The summed E-state index contributed by atoms with van der Waals surface area (Å²) in [5.41, 5.74) is 0.604. The van der Waals surface area contributed by atoms with Gasteiger partial charge in [-0.3, -0.25) is 4.79 Å². The van der Waals surface area contributed by atoms with E-state index in [9.17, 15) is 13.2 Å². The van der Waals surface area contributed by atoms with Gasteiger partial charge >= 0.3 is 0 Å². The Labute approximate surface area is 165 Å². The fourth-order valence-corrected chi connectivity index (χ4v) is 4.40. The van der Waals surface area contributed by atoms with Crippen molar-refractivity contribution in [3.8, 4) is 11.5 Å². The zero-order valence-corrected chi connectivity index (χ0v) is 16.5. The van der Waals surface area contributed by atoms with Crippen LogP contribution in [0, 0.1) is 0 Å². The number of nitrogens with one attached hydrogen (secondary N) is 2. The van der Waals surface area contributed by atoms with E-state index >= 15 is 0 Å². The lowest BCUT2D eigenvalue weighted by atomic mass is 10.3. The van der Waals surface area contributed by atoms with Crippen molar-refractivity contribution in [3.63, 3.8) is 0 Å². The number of benzene rings is 2. The van der Waals surface area contributed by atoms with Gasteiger partial charge in [0.15, 0.2) is 6.61 Å². The first-order chi connectivity index (χ1) is 13.5. The third-order valence-electron chi connectivity index (χ3n) is 4.53. The van der Waals surface area contributed by atoms with E-state index in [-0.39, 0.29) is 23.5 Å². The van der Waals surface area contributed by atoms with Crippen LogP contribution in [-0.4, -0.2) is 34.1 Å². The molecule has 2 aromatic rings. The molecule has 1 aliphatic rings. The molecule has 0 unspecified atom stereocenters. The summed E-state index contributed by atoms with van der Waals surface area (Å²) in [4.78, 5) is 12.2. The number of carbonyl (C=O) groups is 1. The Bertz CT molecular complexity index is 906. The van der Waals surface area contributed by atoms with Gasteiger partial charge in [0.2, 0.25) is 10.0 Å². The van der Waals surface area contributed by atoms with E-state index in [4.69, 9.17) is 9.47 Å². The molecular formula is C20H24N2O5S. The monoisotopic (exact) mass is 404 g/mol. The van der Waals surface area contributed by atoms with Gasteiger partial charge in [-0.2, -0.15) is 0 Å². The Hall–Kier alpha value is -2.58. The van der Waals surface area contributed by atoms with Crippen molar-refractivity contribution in [2.75, 3.05) is 19.0 Å². The van der Waals surface area contributed by atoms with Crippen molar-refractivity contribution in [3.05, 3.63) is 48.5 Å². The first kappa shape index (κ1) is 20.2. The topological polar surface area (TPSA) is 93.7 Å². The molecule has 7 nitrogen and oxygen atoms in total. The normalized spacial score (nSPS) is 14.6. The predicted molar refractivity (Wildman–Crippen MR) is 106 cm³/mol. The number of methoxy groups -OCH3 is 1. The van der Waals surface area contributed by atoms with Gasteiger partial charge in [0.05, 0.1) is 12.0 Å². The number of hydrogen-bond donors (Lipinski definition) is 2. The quantitative estimate of drug-likeness (QED) is 0.706. The van der Waals surface area contributed by atoms with Gasteiger partial charge < -0.3 is 14.8 Å². The Balaban J connectivity index is 1.53. The van der Waals surface area contributed by atoms with E-state index < -0.39 is 10.0 Å².